The van der Waals surface area contributed by atoms with Crippen molar-refractivity contribution < 1.29 is 39.8 Å². The van der Waals surface area contributed by atoms with E-state index in [1.54, 1.807) is 0 Å². The van der Waals surface area contributed by atoms with Crippen LogP contribution in [0.4, 0.5) is 0 Å². The maximum Gasteiger partial charge on any atom is 2.00 e. The predicted octanol–water partition coefficient (Wildman–Crippen LogP) is -4.37. The van der Waals surface area contributed by atoms with Crippen LogP contribution in [0.3, 0.4) is 0 Å². The second kappa shape index (κ2) is 6.96. The van der Waals surface area contributed by atoms with E-state index in [-0.39, 0.29) is 37.7 Å². The molecule has 15 heavy (non-hydrogen) atoms. The predicted molar refractivity (Wildman–Crippen MR) is 38.7 cm³/mol. The van der Waals surface area contributed by atoms with E-state index in [0.717, 1.165) is 0 Å². The average molecular weight is 246 g/mol. The van der Waals surface area contributed by atoms with Gasteiger partial charge >= 0.3 is 43.7 Å². The van der Waals surface area contributed by atoms with Crippen molar-refractivity contribution in [3.05, 3.63) is 0 Å². The van der Waals surface area contributed by atoms with Gasteiger partial charge in [0.05, 0.1) is 12.4 Å². The number of hydrogen-bond donors (Lipinski definition) is 2. The molecule has 0 radical (unpaired) electrons. The standard InChI is InChI=1S/C6H8O8.Ca/c7-3(8)1-6(12,5(10)11)2-4(9)14-13;/h12-13H,1-2H2,(H,7,8)(H,10,11);/q;+2/p-2. The van der Waals surface area contributed by atoms with Gasteiger partial charge in [-0.3, -0.25) is 0 Å². The molecule has 0 amide bonds. The van der Waals surface area contributed by atoms with Crippen molar-refractivity contribution in [3.63, 3.8) is 0 Å². The third-order valence-electron chi connectivity index (χ3n) is 1.36. The summed E-state index contributed by atoms with van der Waals surface area (Å²) in [6, 6.07) is 0. The quantitative estimate of drug-likeness (QED) is 0.281. The minimum Gasteiger partial charge on any atom is -0.550 e. The van der Waals surface area contributed by atoms with Crippen molar-refractivity contribution in [1.82, 2.24) is 0 Å². The number of carbonyl (C=O) groups is 3. The number of aliphatic hydroxyl groups is 1. The van der Waals surface area contributed by atoms with Gasteiger partial charge in [0.25, 0.3) is 0 Å². The summed E-state index contributed by atoms with van der Waals surface area (Å²) in [5, 5.41) is 37.1. The Bertz CT molecular complexity index is 264. The van der Waals surface area contributed by atoms with Gasteiger partial charge in [0.1, 0.15) is 5.60 Å². The molecule has 0 aliphatic rings. The van der Waals surface area contributed by atoms with E-state index in [1.807, 2.05) is 0 Å². The molecule has 0 aromatic carbocycles. The van der Waals surface area contributed by atoms with Crippen LogP contribution in [0.25, 0.3) is 0 Å². The van der Waals surface area contributed by atoms with Crippen LogP contribution in [-0.4, -0.2) is 71.6 Å². The van der Waals surface area contributed by atoms with Gasteiger partial charge in [-0.15, -0.1) is 0 Å². The molecule has 0 bridgehead atoms. The van der Waals surface area contributed by atoms with Crippen molar-refractivity contribution in [2.45, 2.75) is 18.4 Å². The third-order valence-corrected chi connectivity index (χ3v) is 1.36. The van der Waals surface area contributed by atoms with Crippen LogP contribution >= 0.6 is 0 Å². The fourth-order valence-corrected chi connectivity index (χ4v) is 0.717. The summed E-state index contributed by atoms with van der Waals surface area (Å²) in [5.74, 6) is -5.56. The first-order valence-electron chi connectivity index (χ1n) is 3.30. The zero-order valence-corrected chi connectivity index (χ0v) is 9.67. The van der Waals surface area contributed by atoms with Gasteiger partial charge in [-0.2, -0.15) is 5.26 Å². The van der Waals surface area contributed by atoms with E-state index >= 15 is 0 Å². The Labute approximate surface area is 113 Å². The summed E-state index contributed by atoms with van der Waals surface area (Å²) in [7, 11) is 0. The normalized spacial score (nSPS) is 13.2. The maximum absolute atomic E-state index is 10.4. The molecular formula is C6H6CaO8. The Kier molecular flexibility index (Phi) is 7.89. The molecule has 0 saturated heterocycles. The zero-order valence-electron chi connectivity index (χ0n) is 7.47. The summed E-state index contributed by atoms with van der Waals surface area (Å²) in [4.78, 5) is 33.7. The molecule has 0 fully saturated rings. The molecule has 0 saturated carbocycles. The summed E-state index contributed by atoms with van der Waals surface area (Å²) < 4.78 is 0. The van der Waals surface area contributed by atoms with Crippen LogP contribution in [0.5, 0.6) is 0 Å². The average Bonchev–Trinajstić information content (AvgIpc) is 2.02. The molecule has 0 spiro atoms. The van der Waals surface area contributed by atoms with E-state index in [0.29, 0.717) is 0 Å². The molecule has 0 rings (SSSR count). The molecular weight excluding hydrogens is 240 g/mol. The molecule has 0 aromatic heterocycles. The number of hydrogen-bond acceptors (Lipinski definition) is 8. The van der Waals surface area contributed by atoms with Crippen LogP contribution < -0.4 is 10.2 Å². The molecule has 0 aliphatic heterocycles. The number of carboxylic acids is 2. The minimum atomic E-state index is -2.95. The van der Waals surface area contributed by atoms with Crippen molar-refractivity contribution in [3.8, 4) is 0 Å². The van der Waals surface area contributed by atoms with Gasteiger partial charge in [-0.1, -0.05) is 0 Å². The fourth-order valence-electron chi connectivity index (χ4n) is 0.717. The number of aliphatic carboxylic acids is 2. The first kappa shape index (κ1) is 17.0. The molecule has 0 heterocycles. The number of carboxylic acid groups (broad SMARTS) is 2. The number of carbonyl (C=O) groups excluding carboxylic acids is 3. The molecule has 9 heteroatoms. The topological polar surface area (TPSA) is 147 Å². The van der Waals surface area contributed by atoms with Crippen molar-refractivity contribution in [2.24, 2.45) is 0 Å². The van der Waals surface area contributed by atoms with Crippen LogP contribution in [0.1, 0.15) is 12.8 Å². The first-order valence-corrected chi connectivity index (χ1v) is 3.30. The zero-order chi connectivity index (χ0) is 11.4. The van der Waals surface area contributed by atoms with Crippen LogP contribution in [0, 0.1) is 0 Å². The smallest absolute Gasteiger partial charge is 0.550 e. The van der Waals surface area contributed by atoms with E-state index in [1.165, 1.54) is 0 Å². The van der Waals surface area contributed by atoms with Crippen molar-refractivity contribution >= 4 is 55.6 Å². The molecule has 2 N–H and O–H groups in total. The van der Waals surface area contributed by atoms with Crippen molar-refractivity contribution in [2.75, 3.05) is 0 Å². The molecule has 0 aromatic rings. The summed E-state index contributed by atoms with van der Waals surface area (Å²) in [5.41, 5.74) is -2.95. The molecule has 1 atom stereocenters. The monoisotopic (exact) mass is 246 g/mol. The first-order chi connectivity index (χ1) is 6.31. The van der Waals surface area contributed by atoms with E-state index in [4.69, 9.17) is 10.4 Å². The Morgan fingerprint density at radius 3 is 1.93 bits per heavy atom. The minimum absolute atomic E-state index is 0. The van der Waals surface area contributed by atoms with Gasteiger partial charge < -0.3 is 29.8 Å². The fraction of sp³-hybridized carbons (Fsp3) is 0.500. The van der Waals surface area contributed by atoms with Crippen LogP contribution in [-0.2, 0) is 19.3 Å². The Morgan fingerprint density at radius 1 is 1.20 bits per heavy atom. The Balaban J connectivity index is 0. The van der Waals surface area contributed by atoms with Crippen molar-refractivity contribution in [1.29, 1.82) is 0 Å². The molecule has 1 unspecified atom stereocenters. The Morgan fingerprint density at radius 2 is 1.67 bits per heavy atom. The third kappa shape index (κ3) is 5.90. The van der Waals surface area contributed by atoms with Crippen LogP contribution in [0.15, 0.2) is 0 Å². The number of rotatable bonds is 5. The Hall–Kier alpha value is -0.410. The van der Waals surface area contributed by atoms with E-state index in [9.17, 15) is 24.6 Å². The largest absolute Gasteiger partial charge is 2.00 e. The summed E-state index contributed by atoms with van der Waals surface area (Å²) >= 11 is 0. The van der Waals surface area contributed by atoms with Gasteiger partial charge in [0.15, 0.2) is 0 Å². The van der Waals surface area contributed by atoms with E-state index < -0.39 is 36.4 Å². The molecule has 8 nitrogen and oxygen atoms in total. The van der Waals surface area contributed by atoms with Gasteiger partial charge in [0.2, 0.25) is 0 Å². The maximum atomic E-state index is 10.4. The SMILES string of the molecule is O=C([O-])CC(O)(CC(=O)OO)C(=O)[O-].[Ca+2]. The van der Waals surface area contributed by atoms with Gasteiger partial charge in [0, 0.05) is 12.4 Å². The second-order valence-electron chi connectivity index (χ2n) is 2.51. The summed E-state index contributed by atoms with van der Waals surface area (Å²) in [6.45, 7) is 0. The summed E-state index contributed by atoms with van der Waals surface area (Å²) in [6.07, 6.45) is -2.59. The van der Waals surface area contributed by atoms with E-state index in [2.05, 4.69) is 4.89 Å². The second-order valence-corrected chi connectivity index (χ2v) is 2.51. The van der Waals surface area contributed by atoms with Crippen LogP contribution in [0.2, 0.25) is 0 Å². The van der Waals surface area contributed by atoms with Gasteiger partial charge in [-0.25, -0.2) is 4.79 Å². The van der Waals surface area contributed by atoms with Gasteiger partial charge in [-0.05, 0) is 0 Å². The molecule has 0 aliphatic carbocycles. The molecule has 80 valence electrons.